The Morgan fingerprint density at radius 1 is 0.722 bits per heavy atom. The standard InChI is InChI=1S/C28H30O8/c1-33-26(28(31)32)19-20-3-9-23(10-4-20)34-16-2-17-35-24-11-5-21(6-12-24)27(30)22-7-13-25(14-8-22)36-18-15-29/h3-14,26,29H,2,15-19H2,1H3,(H,31,32)/t26-/m0/s1. The number of hydrogen-bond donors (Lipinski definition) is 2. The summed E-state index contributed by atoms with van der Waals surface area (Å²) in [6.07, 6.45) is 0.0834. The molecule has 3 aromatic rings. The zero-order valence-electron chi connectivity index (χ0n) is 20.1. The Hall–Kier alpha value is -3.88. The van der Waals surface area contributed by atoms with E-state index in [1.54, 1.807) is 60.7 Å². The van der Waals surface area contributed by atoms with Crippen molar-refractivity contribution in [2.75, 3.05) is 33.5 Å². The van der Waals surface area contributed by atoms with E-state index in [-0.39, 0.29) is 25.4 Å². The first-order valence-corrected chi connectivity index (χ1v) is 11.6. The van der Waals surface area contributed by atoms with Crippen LogP contribution in [0.15, 0.2) is 72.8 Å². The average molecular weight is 495 g/mol. The van der Waals surface area contributed by atoms with Crippen LogP contribution in [0.3, 0.4) is 0 Å². The molecule has 0 aliphatic heterocycles. The van der Waals surface area contributed by atoms with E-state index in [9.17, 15) is 9.59 Å². The van der Waals surface area contributed by atoms with E-state index in [0.717, 1.165) is 5.56 Å². The largest absolute Gasteiger partial charge is 0.493 e. The molecule has 190 valence electrons. The number of ether oxygens (including phenoxy) is 4. The van der Waals surface area contributed by atoms with Crippen molar-refractivity contribution < 1.29 is 38.7 Å². The van der Waals surface area contributed by atoms with Gasteiger partial charge < -0.3 is 29.2 Å². The molecule has 0 aromatic heterocycles. The highest BCUT2D eigenvalue weighted by Crippen LogP contribution is 2.19. The number of carboxylic acid groups (broad SMARTS) is 1. The van der Waals surface area contributed by atoms with E-state index in [1.165, 1.54) is 7.11 Å². The third-order valence-electron chi connectivity index (χ3n) is 5.32. The van der Waals surface area contributed by atoms with E-state index in [0.29, 0.717) is 48.0 Å². The summed E-state index contributed by atoms with van der Waals surface area (Å²) in [5.74, 6) is 0.862. The van der Waals surface area contributed by atoms with Crippen molar-refractivity contribution in [2.24, 2.45) is 0 Å². The van der Waals surface area contributed by atoms with Crippen molar-refractivity contribution in [3.63, 3.8) is 0 Å². The van der Waals surface area contributed by atoms with Gasteiger partial charge in [-0.2, -0.15) is 0 Å². The van der Waals surface area contributed by atoms with Crippen molar-refractivity contribution in [2.45, 2.75) is 18.9 Å². The van der Waals surface area contributed by atoms with Crippen LogP contribution in [-0.2, 0) is 16.0 Å². The van der Waals surface area contributed by atoms with Crippen LogP contribution in [0.2, 0.25) is 0 Å². The Morgan fingerprint density at radius 2 is 1.17 bits per heavy atom. The Morgan fingerprint density at radius 3 is 1.58 bits per heavy atom. The minimum absolute atomic E-state index is 0.0660. The van der Waals surface area contributed by atoms with E-state index in [1.807, 2.05) is 12.1 Å². The van der Waals surface area contributed by atoms with Gasteiger partial charge in [0.1, 0.15) is 23.9 Å². The van der Waals surface area contributed by atoms with Gasteiger partial charge in [-0.1, -0.05) is 12.1 Å². The molecule has 0 heterocycles. The number of benzene rings is 3. The van der Waals surface area contributed by atoms with Gasteiger partial charge in [0, 0.05) is 31.1 Å². The number of carbonyl (C=O) groups excluding carboxylic acids is 1. The predicted molar refractivity (Wildman–Crippen MR) is 133 cm³/mol. The topological polar surface area (TPSA) is 112 Å². The van der Waals surface area contributed by atoms with E-state index in [4.69, 9.17) is 29.2 Å². The maximum Gasteiger partial charge on any atom is 0.333 e. The second-order valence-corrected chi connectivity index (χ2v) is 7.91. The van der Waals surface area contributed by atoms with E-state index >= 15 is 0 Å². The van der Waals surface area contributed by atoms with Gasteiger partial charge in [0.15, 0.2) is 11.9 Å². The monoisotopic (exact) mass is 494 g/mol. The molecule has 0 amide bonds. The second kappa shape index (κ2) is 13.9. The van der Waals surface area contributed by atoms with Crippen LogP contribution in [-0.4, -0.2) is 61.6 Å². The van der Waals surface area contributed by atoms with Crippen LogP contribution >= 0.6 is 0 Å². The summed E-state index contributed by atoms with van der Waals surface area (Å²) in [5, 5.41) is 17.9. The molecular formula is C28H30O8. The van der Waals surface area contributed by atoms with Gasteiger partial charge in [0.2, 0.25) is 0 Å². The molecule has 0 spiro atoms. The molecule has 1 atom stereocenters. The SMILES string of the molecule is CO[C@@H](Cc1ccc(OCCCOc2ccc(C(=O)c3ccc(OCCO)cc3)cc2)cc1)C(=O)O. The molecule has 0 saturated carbocycles. The number of hydrogen-bond acceptors (Lipinski definition) is 7. The van der Waals surface area contributed by atoms with Gasteiger partial charge in [-0.05, 0) is 66.2 Å². The lowest BCUT2D eigenvalue weighted by atomic mass is 10.0. The molecule has 3 rings (SSSR count). The number of aliphatic hydroxyl groups excluding tert-OH is 1. The minimum atomic E-state index is -0.991. The molecule has 36 heavy (non-hydrogen) atoms. The van der Waals surface area contributed by atoms with E-state index in [2.05, 4.69) is 0 Å². The number of aliphatic hydroxyl groups is 1. The van der Waals surface area contributed by atoms with Gasteiger partial charge in [-0.3, -0.25) is 4.79 Å². The van der Waals surface area contributed by atoms with Gasteiger partial charge in [0.05, 0.1) is 19.8 Å². The first kappa shape index (κ1) is 26.7. The van der Waals surface area contributed by atoms with Crippen molar-refractivity contribution in [1.82, 2.24) is 0 Å². The molecule has 0 aliphatic rings. The first-order valence-electron chi connectivity index (χ1n) is 11.6. The second-order valence-electron chi connectivity index (χ2n) is 7.91. The Balaban J connectivity index is 1.39. The first-order chi connectivity index (χ1) is 17.5. The molecule has 3 aromatic carbocycles. The van der Waals surface area contributed by atoms with Crippen LogP contribution in [0, 0.1) is 0 Å². The van der Waals surface area contributed by atoms with Crippen molar-refractivity contribution >= 4 is 11.8 Å². The number of rotatable bonds is 15. The van der Waals surface area contributed by atoms with Crippen LogP contribution in [0.25, 0.3) is 0 Å². The molecule has 8 heteroatoms. The fourth-order valence-corrected chi connectivity index (χ4v) is 3.38. The molecule has 0 bridgehead atoms. The third kappa shape index (κ3) is 8.11. The van der Waals surface area contributed by atoms with Gasteiger partial charge in [0.25, 0.3) is 0 Å². The number of ketones is 1. The molecule has 8 nitrogen and oxygen atoms in total. The summed E-state index contributed by atoms with van der Waals surface area (Å²) < 4.78 is 21.7. The molecule has 0 saturated heterocycles. The van der Waals surface area contributed by atoms with Crippen LogP contribution in [0.4, 0.5) is 0 Å². The fraction of sp³-hybridized carbons (Fsp3) is 0.286. The number of aliphatic carboxylic acids is 1. The molecule has 0 radical (unpaired) electrons. The summed E-state index contributed by atoms with van der Waals surface area (Å²) >= 11 is 0. The maximum absolute atomic E-state index is 12.7. The van der Waals surface area contributed by atoms with Crippen molar-refractivity contribution in [3.05, 3.63) is 89.5 Å². The lowest BCUT2D eigenvalue weighted by molar-refractivity contribution is -0.148. The van der Waals surface area contributed by atoms with E-state index < -0.39 is 12.1 Å². The Kier molecular flexibility index (Phi) is 10.3. The summed E-state index contributed by atoms with van der Waals surface area (Å²) in [4.78, 5) is 23.7. The van der Waals surface area contributed by atoms with Crippen LogP contribution in [0.5, 0.6) is 17.2 Å². The quantitative estimate of drug-likeness (QED) is 0.243. The lowest BCUT2D eigenvalue weighted by Gasteiger charge is -2.11. The molecule has 0 aliphatic carbocycles. The Labute approximate surface area is 210 Å². The highest BCUT2D eigenvalue weighted by Gasteiger charge is 2.16. The normalized spacial score (nSPS) is 11.5. The van der Waals surface area contributed by atoms with Crippen molar-refractivity contribution in [3.8, 4) is 17.2 Å². The average Bonchev–Trinajstić information content (AvgIpc) is 2.91. The number of carbonyl (C=O) groups is 2. The van der Waals surface area contributed by atoms with Gasteiger partial charge in [-0.15, -0.1) is 0 Å². The predicted octanol–water partition coefficient (Wildman–Crippen LogP) is 3.78. The van der Waals surface area contributed by atoms with Crippen LogP contribution < -0.4 is 14.2 Å². The lowest BCUT2D eigenvalue weighted by Crippen LogP contribution is -2.24. The maximum atomic E-state index is 12.7. The number of carboxylic acids is 1. The van der Waals surface area contributed by atoms with Gasteiger partial charge in [-0.25, -0.2) is 4.79 Å². The zero-order chi connectivity index (χ0) is 25.8. The van der Waals surface area contributed by atoms with Gasteiger partial charge >= 0.3 is 5.97 Å². The van der Waals surface area contributed by atoms with Crippen molar-refractivity contribution in [1.29, 1.82) is 0 Å². The molecular weight excluding hydrogens is 464 g/mol. The summed E-state index contributed by atoms with van der Waals surface area (Å²) in [7, 11) is 1.38. The molecule has 0 unspecified atom stereocenters. The zero-order valence-corrected chi connectivity index (χ0v) is 20.1. The molecule has 0 fully saturated rings. The summed E-state index contributed by atoms with van der Waals surface area (Å²) in [5.41, 5.74) is 1.95. The fourth-order valence-electron chi connectivity index (χ4n) is 3.38. The molecule has 2 N–H and O–H groups in total. The minimum Gasteiger partial charge on any atom is -0.493 e. The highest BCUT2D eigenvalue weighted by molar-refractivity contribution is 6.09. The Bertz CT molecular complexity index is 1090. The summed E-state index contributed by atoms with van der Waals surface area (Å²) in [6.45, 7) is 1.06. The third-order valence-corrected chi connectivity index (χ3v) is 5.32. The smallest absolute Gasteiger partial charge is 0.333 e. The number of methoxy groups -OCH3 is 1. The van der Waals surface area contributed by atoms with Crippen LogP contribution in [0.1, 0.15) is 27.9 Å². The highest BCUT2D eigenvalue weighted by atomic mass is 16.5. The summed E-state index contributed by atoms with van der Waals surface area (Å²) in [6, 6.07) is 21.0.